The highest BCUT2D eigenvalue weighted by atomic mass is 79.9. The SMILES string of the molecule is CCOCC(C)Br.CCOCC(C)Oc1ccc(NC(=O)c2ccc(OC(C)COCC)cc2)cc1.O=C(Nc1ccc(O)cc1)c1ccc(O)cc1. The van der Waals surface area contributed by atoms with E-state index in [0.29, 0.717) is 59.5 Å². The highest BCUT2D eigenvalue weighted by molar-refractivity contribution is 9.09. The van der Waals surface area contributed by atoms with Gasteiger partial charge in [0.25, 0.3) is 11.8 Å². The van der Waals surface area contributed by atoms with Crippen LogP contribution in [0, 0.1) is 0 Å². The Morgan fingerprint density at radius 2 is 0.868 bits per heavy atom. The summed E-state index contributed by atoms with van der Waals surface area (Å²) < 4.78 is 27.3. The Bertz CT molecular complexity index is 1580. The van der Waals surface area contributed by atoms with E-state index in [4.69, 9.17) is 33.9 Å². The topological polar surface area (TPSA) is 145 Å². The van der Waals surface area contributed by atoms with Crippen LogP contribution in [-0.2, 0) is 14.2 Å². The van der Waals surface area contributed by atoms with Gasteiger partial charge in [-0.3, -0.25) is 9.59 Å². The predicted octanol–water partition coefficient (Wildman–Crippen LogP) is 8.70. The van der Waals surface area contributed by atoms with Crippen molar-refractivity contribution in [3.05, 3.63) is 108 Å². The molecule has 0 heterocycles. The first-order valence-electron chi connectivity index (χ1n) is 17.5. The van der Waals surface area contributed by atoms with Crippen LogP contribution in [0.1, 0.15) is 62.3 Å². The number of nitrogens with one attached hydrogen (secondary N) is 2. The predicted molar refractivity (Wildman–Crippen MR) is 213 cm³/mol. The van der Waals surface area contributed by atoms with Gasteiger partial charge in [0, 0.05) is 47.1 Å². The first kappa shape index (κ1) is 44.5. The zero-order valence-electron chi connectivity index (χ0n) is 31.3. The molecule has 288 valence electrons. The molecule has 0 fully saturated rings. The van der Waals surface area contributed by atoms with E-state index in [1.165, 1.54) is 36.4 Å². The molecule has 12 heteroatoms. The summed E-state index contributed by atoms with van der Waals surface area (Å²) in [6.07, 6.45) is -0.0843. The number of anilines is 2. The molecule has 0 aliphatic heterocycles. The molecule has 0 saturated heterocycles. The van der Waals surface area contributed by atoms with Crippen LogP contribution in [0.4, 0.5) is 11.4 Å². The summed E-state index contributed by atoms with van der Waals surface area (Å²) in [4.78, 5) is 24.7. The van der Waals surface area contributed by atoms with E-state index in [0.717, 1.165) is 19.0 Å². The van der Waals surface area contributed by atoms with Crippen LogP contribution in [0.3, 0.4) is 0 Å². The third-order valence-electron chi connectivity index (χ3n) is 6.82. The molecule has 0 radical (unpaired) electrons. The van der Waals surface area contributed by atoms with Crippen LogP contribution in [0.25, 0.3) is 0 Å². The van der Waals surface area contributed by atoms with Gasteiger partial charge in [0.05, 0.1) is 19.8 Å². The summed E-state index contributed by atoms with van der Waals surface area (Å²) >= 11 is 3.35. The quantitative estimate of drug-likeness (QED) is 0.0609. The fraction of sp³-hybridized carbons (Fsp3) is 0.366. The Hall–Kier alpha value is -4.62. The molecule has 2 amide bonds. The number of phenolic OH excluding ortho intramolecular Hbond substituents is 2. The van der Waals surface area contributed by atoms with Crippen molar-refractivity contribution in [2.45, 2.75) is 58.6 Å². The fourth-order valence-corrected chi connectivity index (χ4v) is 4.43. The lowest BCUT2D eigenvalue weighted by atomic mass is 10.2. The van der Waals surface area contributed by atoms with Crippen molar-refractivity contribution in [1.29, 1.82) is 0 Å². The van der Waals surface area contributed by atoms with E-state index >= 15 is 0 Å². The van der Waals surface area contributed by atoms with Crippen molar-refractivity contribution in [2.75, 3.05) is 50.3 Å². The van der Waals surface area contributed by atoms with Gasteiger partial charge < -0.3 is 44.5 Å². The van der Waals surface area contributed by atoms with Crippen molar-refractivity contribution in [3.8, 4) is 23.0 Å². The van der Waals surface area contributed by atoms with Gasteiger partial charge in [-0.15, -0.1) is 0 Å². The van der Waals surface area contributed by atoms with Crippen molar-refractivity contribution < 1.29 is 43.5 Å². The largest absolute Gasteiger partial charge is 0.508 e. The molecule has 4 N–H and O–H groups in total. The Labute approximate surface area is 321 Å². The highest BCUT2D eigenvalue weighted by Gasteiger charge is 2.10. The molecule has 4 aromatic rings. The van der Waals surface area contributed by atoms with Gasteiger partial charge in [-0.1, -0.05) is 22.9 Å². The molecular formula is C41H53BrN2O9. The van der Waals surface area contributed by atoms with E-state index in [2.05, 4.69) is 33.5 Å². The van der Waals surface area contributed by atoms with E-state index in [9.17, 15) is 9.59 Å². The lowest BCUT2D eigenvalue weighted by molar-refractivity contribution is 0.0657. The third-order valence-corrected chi connectivity index (χ3v) is 7.09. The number of carbonyl (C=O) groups excluding carboxylic acids is 2. The van der Waals surface area contributed by atoms with Crippen molar-refractivity contribution in [1.82, 2.24) is 0 Å². The molecule has 0 aliphatic carbocycles. The first-order chi connectivity index (χ1) is 25.4. The number of benzene rings is 4. The summed E-state index contributed by atoms with van der Waals surface area (Å²) in [6, 6.07) is 26.5. The maximum Gasteiger partial charge on any atom is 0.255 e. The standard InChI is InChI=1S/C23H31NO5.C13H11NO3.C5H11BrO/c1-5-26-15-17(3)28-21-11-7-19(8-12-21)23(25)24-20-9-13-22(14-10-20)29-18(4)16-27-6-2;15-11-5-1-9(2-6-11)13(17)14-10-3-7-12(16)8-4-10;1-3-7-4-5(2)6/h7-14,17-18H,5-6,15-16H2,1-4H3,(H,24,25);1-8,15-16H,(H,14,17);5H,3-4H2,1-2H3. The molecular weight excluding hydrogens is 744 g/mol. The van der Waals surface area contributed by atoms with Crippen LogP contribution in [0.5, 0.6) is 23.0 Å². The number of alkyl halides is 1. The van der Waals surface area contributed by atoms with E-state index in [-0.39, 0.29) is 35.5 Å². The maximum atomic E-state index is 12.5. The molecule has 53 heavy (non-hydrogen) atoms. The minimum Gasteiger partial charge on any atom is -0.508 e. The van der Waals surface area contributed by atoms with E-state index in [1.54, 1.807) is 36.4 Å². The van der Waals surface area contributed by atoms with Crippen molar-refractivity contribution in [2.24, 2.45) is 0 Å². The van der Waals surface area contributed by atoms with Gasteiger partial charge in [0.1, 0.15) is 35.2 Å². The summed E-state index contributed by atoms with van der Waals surface area (Å²) in [5, 5.41) is 23.8. The number of rotatable bonds is 17. The van der Waals surface area contributed by atoms with Gasteiger partial charge in [0.2, 0.25) is 0 Å². The number of hydrogen-bond donors (Lipinski definition) is 4. The number of carbonyl (C=O) groups is 2. The van der Waals surface area contributed by atoms with E-state index < -0.39 is 0 Å². The van der Waals surface area contributed by atoms with Crippen molar-refractivity contribution in [3.63, 3.8) is 0 Å². The number of amides is 2. The molecule has 4 aromatic carbocycles. The normalized spacial score (nSPS) is 12.1. The summed E-state index contributed by atoms with van der Waals surface area (Å²) in [6.45, 7) is 15.9. The smallest absolute Gasteiger partial charge is 0.255 e. The van der Waals surface area contributed by atoms with Crippen LogP contribution >= 0.6 is 15.9 Å². The number of phenols is 2. The molecule has 3 unspecified atom stereocenters. The zero-order chi connectivity index (χ0) is 39.0. The second-order valence-corrected chi connectivity index (χ2v) is 13.2. The Morgan fingerprint density at radius 3 is 1.23 bits per heavy atom. The zero-order valence-corrected chi connectivity index (χ0v) is 32.9. The summed E-state index contributed by atoms with van der Waals surface area (Å²) in [5.41, 5.74) is 2.31. The monoisotopic (exact) mass is 796 g/mol. The number of ether oxygens (including phenoxy) is 5. The van der Waals surface area contributed by atoms with E-state index in [1.807, 2.05) is 58.9 Å². The Balaban J connectivity index is 0.000000338. The lowest BCUT2D eigenvalue weighted by Crippen LogP contribution is -2.19. The number of halogens is 1. The highest BCUT2D eigenvalue weighted by Crippen LogP contribution is 2.20. The average molecular weight is 798 g/mol. The molecule has 0 saturated carbocycles. The molecule has 11 nitrogen and oxygen atoms in total. The Morgan fingerprint density at radius 1 is 0.547 bits per heavy atom. The molecule has 4 rings (SSSR count). The molecule has 0 aromatic heterocycles. The average Bonchev–Trinajstić information content (AvgIpc) is 3.15. The van der Waals surface area contributed by atoms with Gasteiger partial charge in [-0.25, -0.2) is 0 Å². The van der Waals surface area contributed by atoms with Gasteiger partial charge in [-0.05, 0) is 132 Å². The Kier molecular flexibility index (Phi) is 21.3. The minimum absolute atomic E-state index is 0.0348. The van der Waals surface area contributed by atoms with Gasteiger partial charge in [-0.2, -0.15) is 0 Å². The molecule has 0 aliphatic rings. The van der Waals surface area contributed by atoms with Crippen LogP contribution in [0.2, 0.25) is 0 Å². The second-order valence-electron chi connectivity index (χ2n) is 11.7. The third kappa shape index (κ3) is 19.2. The molecule has 0 bridgehead atoms. The fourth-order valence-electron chi connectivity index (χ4n) is 4.25. The maximum absolute atomic E-state index is 12.5. The molecule has 0 spiro atoms. The molecule has 3 atom stereocenters. The number of hydrogen-bond acceptors (Lipinski definition) is 9. The van der Waals surface area contributed by atoms with Crippen LogP contribution in [-0.4, -0.2) is 78.7 Å². The first-order valence-corrected chi connectivity index (χ1v) is 18.5. The van der Waals surface area contributed by atoms with Crippen LogP contribution < -0.4 is 20.1 Å². The van der Waals surface area contributed by atoms with Gasteiger partial charge in [0.15, 0.2) is 0 Å². The summed E-state index contributed by atoms with van der Waals surface area (Å²) in [5.74, 6) is 1.25. The minimum atomic E-state index is -0.268. The summed E-state index contributed by atoms with van der Waals surface area (Å²) in [7, 11) is 0. The van der Waals surface area contributed by atoms with Crippen molar-refractivity contribution >= 4 is 39.1 Å². The van der Waals surface area contributed by atoms with Gasteiger partial charge >= 0.3 is 0 Å². The number of aromatic hydroxyl groups is 2. The lowest BCUT2D eigenvalue weighted by Gasteiger charge is -2.15. The second kappa shape index (κ2) is 25.4. The van der Waals surface area contributed by atoms with Crippen LogP contribution in [0.15, 0.2) is 97.1 Å².